The molecule has 1 aliphatic heterocycles. The Hall–Kier alpha value is -1.02. The first-order valence-electron chi connectivity index (χ1n) is 7.66. The van der Waals surface area contributed by atoms with Crippen LogP contribution in [0.25, 0.3) is 0 Å². The van der Waals surface area contributed by atoms with Gasteiger partial charge in [-0.15, -0.1) is 0 Å². The number of anilines is 1. The van der Waals surface area contributed by atoms with E-state index >= 15 is 0 Å². The van der Waals surface area contributed by atoms with E-state index in [2.05, 4.69) is 43.9 Å². The molecule has 1 aromatic carbocycles. The van der Waals surface area contributed by atoms with E-state index in [0.29, 0.717) is 0 Å². The summed E-state index contributed by atoms with van der Waals surface area (Å²) in [5.74, 6) is 0.877. The Kier molecular flexibility index (Phi) is 4.87. The molecule has 0 radical (unpaired) electrons. The molecular formula is C17H28N2. The lowest BCUT2D eigenvalue weighted by Crippen LogP contribution is -2.25. The van der Waals surface area contributed by atoms with Crippen molar-refractivity contribution in [2.24, 2.45) is 11.7 Å². The molecule has 0 bridgehead atoms. The van der Waals surface area contributed by atoms with Crippen LogP contribution in [-0.2, 0) is 6.42 Å². The van der Waals surface area contributed by atoms with Crippen molar-refractivity contribution in [1.82, 2.24) is 0 Å². The van der Waals surface area contributed by atoms with Crippen LogP contribution >= 0.6 is 0 Å². The van der Waals surface area contributed by atoms with Gasteiger partial charge in [0, 0.05) is 24.8 Å². The third kappa shape index (κ3) is 3.97. The molecule has 1 fully saturated rings. The van der Waals surface area contributed by atoms with Crippen LogP contribution < -0.4 is 10.6 Å². The third-order valence-corrected chi connectivity index (χ3v) is 4.18. The number of hydrogen-bond acceptors (Lipinski definition) is 2. The van der Waals surface area contributed by atoms with Gasteiger partial charge >= 0.3 is 0 Å². The number of aryl methyl sites for hydroxylation is 1. The van der Waals surface area contributed by atoms with Crippen LogP contribution in [0.15, 0.2) is 18.2 Å². The third-order valence-electron chi connectivity index (χ3n) is 4.18. The highest BCUT2D eigenvalue weighted by Gasteiger charge is 2.15. The monoisotopic (exact) mass is 260 g/mol. The zero-order chi connectivity index (χ0) is 13.8. The van der Waals surface area contributed by atoms with E-state index in [1.54, 1.807) is 0 Å². The Morgan fingerprint density at radius 1 is 1.32 bits per heavy atom. The lowest BCUT2D eigenvalue weighted by Gasteiger charge is -2.25. The summed E-state index contributed by atoms with van der Waals surface area (Å²) in [6.45, 7) is 9.09. The molecule has 2 nitrogen and oxygen atoms in total. The van der Waals surface area contributed by atoms with Crippen molar-refractivity contribution in [2.45, 2.75) is 52.5 Å². The second kappa shape index (κ2) is 6.42. The number of benzene rings is 1. The maximum absolute atomic E-state index is 5.88. The zero-order valence-corrected chi connectivity index (χ0v) is 12.7. The van der Waals surface area contributed by atoms with Gasteiger partial charge in [0.05, 0.1) is 0 Å². The van der Waals surface area contributed by atoms with Crippen molar-refractivity contribution in [3.8, 4) is 0 Å². The lowest BCUT2D eigenvalue weighted by atomic mass is 10.0. The van der Waals surface area contributed by atoms with Gasteiger partial charge in [-0.1, -0.05) is 19.1 Å². The first kappa shape index (κ1) is 14.4. The van der Waals surface area contributed by atoms with Crippen molar-refractivity contribution < 1.29 is 0 Å². The van der Waals surface area contributed by atoms with Gasteiger partial charge in [-0.05, 0) is 62.6 Å². The molecule has 1 aromatic rings. The number of hydrogen-bond donors (Lipinski definition) is 1. The molecule has 2 N–H and O–H groups in total. The topological polar surface area (TPSA) is 29.3 Å². The number of rotatable bonds is 3. The molecular weight excluding hydrogens is 232 g/mol. The van der Waals surface area contributed by atoms with Crippen LogP contribution in [0.3, 0.4) is 0 Å². The standard InChI is InChI=1S/C17H28N2/c1-13-5-4-9-19(10-8-13)17-7-6-16(11-14(17)2)12-15(3)18/h6-7,11,13,15H,4-5,8-10,12,18H2,1-3H3. The maximum Gasteiger partial charge on any atom is 0.0396 e. The molecule has 1 heterocycles. The highest BCUT2D eigenvalue weighted by Crippen LogP contribution is 2.26. The fourth-order valence-electron chi connectivity index (χ4n) is 3.08. The van der Waals surface area contributed by atoms with Crippen LogP contribution in [-0.4, -0.2) is 19.1 Å². The average molecular weight is 260 g/mol. The quantitative estimate of drug-likeness (QED) is 0.901. The van der Waals surface area contributed by atoms with E-state index in [4.69, 9.17) is 5.73 Å². The molecule has 2 heteroatoms. The van der Waals surface area contributed by atoms with E-state index in [-0.39, 0.29) is 6.04 Å². The minimum atomic E-state index is 0.240. The SMILES string of the molecule is Cc1cc(CC(C)N)ccc1N1CCCC(C)CC1. The smallest absolute Gasteiger partial charge is 0.0396 e. The van der Waals surface area contributed by atoms with E-state index in [1.807, 2.05) is 0 Å². The molecule has 0 amide bonds. The summed E-state index contributed by atoms with van der Waals surface area (Å²) in [6.07, 6.45) is 4.99. The average Bonchev–Trinajstić information content (AvgIpc) is 2.54. The minimum Gasteiger partial charge on any atom is -0.371 e. The second-order valence-electron chi connectivity index (χ2n) is 6.33. The molecule has 0 aliphatic carbocycles. The highest BCUT2D eigenvalue weighted by molar-refractivity contribution is 5.54. The van der Waals surface area contributed by atoms with Gasteiger partial charge in [-0.2, -0.15) is 0 Å². The van der Waals surface area contributed by atoms with Gasteiger partial charge in [0.25, 0.3) is 0 Å². The molecule has 1 saturated heterocycles. The molecule has 106 valence electrons. The van der Waals surface area contributed by atoms with Crippen molar-refractivity contribution in [2.75, 3.05) is 18.0 Å². The summed E-state index contributed by atoms with van der Waals surface area (Å²) in [5, 5.41) is 0. The van der Waals surface area contributed by atoms with Crippen molar-refractivity contribution >= 4 is 5.69 Å². The van der Waals surface area contributed by atoms with Gasteiger partial charge in [0.2, 0.25) is 0 Å². The molecule has 2 unspecified atom stereocenters. The van der Waals surface area contributed by atoms with Gasteiger partial charge in [-0.25, -0.2) is 0 Å². The van der Waals surface area contributed by atoms with Crippen LogP contribution in [0.4, 0.5) is 5.69 Å². The Bertz CT molecular complexity index is 412. The first-order valence-corrected chi connectivity index (χ1v) is 7.66. The minimum absolute atomic E-state index is 0.240. The number of nitrogens with two attached hydrogens (primary N) is 1. The highest BCUT2D eigenvalue weighted by atomic mass is 15.1. The Balaban J connectivity index is 2.11. The van der Waals surface area contributed by atoms with Crippen LogP contribution in [0, 0.1) is 12.8 Å². The molecule has 19 heavy (non-hydrogen) atoms. The summed E-state index contributed by atoms with van der Waals surface area (Å²) in [4.78, 5) is 2.56. The van der Waals surface area contributed by atoms with Crippen LogP contribution in [0.1, 0.15) is 44.2 Å². The Morgan fingerprint density at radius 2 is 2.11 bits per heavy atom. The van der Waals surface area contributed by atoms with Gasteiger partial charge in [0.15, 0.2) is 0 Å². The predicted molar refractivity (Wildman–Crippen MR) is 83.8 cm³/mol. The predicted octanol–water partition coefficient (Wildman–Crippen LogP) is 3.51. The molecule has 0 aromatic heterocycles. The van der Waals surface area contributed by atoms with Crippen LogP contribution in [0.2, 0.25) is 0 Å². The van der Waals surface area contributed by atoms with Gasteiger partial charge in [-0.3, -0.25) is 0 Å². The fraction of sp³-hybridized carbons (Fsp3) is 0.647. The molecule has 2 rings (SSSR count). The summed E-state index contributed by atoms with van der Waals surface area (Å²) < 4.78 is 0. The fourth-order valence-corrected chi connectivity index (χ4v) is 3.08. The molecule has 0 saturated carbocycles. The summed E-state index contributed by atoms with van der Waals surface area (Å²) in [5.41, 5.74) is 10.1. The largest absolute Gasteiger partial charge is 0.371 e. The van der Waals surface area contributed by atoms with Gasteiger partial charge in [0.1, 0.15) is 0 Å². The Labute approximate surface area is 118 Å². The van der Waals surface area contributed by atoms with Crippen molar-refractivity contribution in [3.63, 3.8) is 0 Å². The molecule has 1 aliphatic rings. The van der Waals surface area contributed by atoms with E-state index < -0.39 is 0 Å². The maximum atomic E-state index is 5.88. The molecule has 2 atom stereocenters. The Morgan fingerprint density at radius 3 is 2.79 bits per heavy atom. The normalized spacial score (nSPS) is 22.1. The van der Waals surface area contributed by atoms with E-state index in [0.717, 1.165) is 12.3 Å². The van der Waals surface area contributed by atoms with E-state index in [9.17, 15) is 0 Å². The summed E-state index contributed by atoms with van der Waals surface area (Å²) >= 11 is 0. The first-order chi connectivity index (χ1) is 9.06. The van der Waals surface area contributed by atoms with Gasteiger partial charge < -0.3 is 10.6 Å². The van der Waals surface area contributed by atoms with Crippen LogP contribution in [0.5, 0.6) is 0 Å². The van der Waals surface area contributed by atoms with E-state index in [1.165, 1.54) is 49.2 Å². The van der Waals surface area contributed by atoms with Crippen molar-refractivity contribution in [3.05, 3.63) is 29.3 Å². The lowest BCUT2D eigenvalue weighted by molar-refractivity contribution is 0.521. The summed E-state index contributed by atoms with van der Waals surface area (Å²) in [6, 6.07) is 7.10. The number of nitrogens with zero attached hydrogens (tertiary/aromatic N) is 1. The molecule has 0 spiro atoms. The zero-order valence-electron chi connectivity index (χ0n) is 12.7. The van der Waals surface area contributed by atoms with Crippen molar-refractivity contribution in [1.29, 1.82) is 0 Å². The second-order valence-corrected chi connectivity index (χ2v) is 6.33. The summed E-state index contributed by atoms with van der Waals surface area (Å²) in [7, 11) is 0.